The van der Waals surface area contributed by atoms with Crippen LogP contribution in [0.25, 0.3) is 0 Å². The molecule has 5 nitrogen and oxygen atoms in total. The number of hydrogen-bond acceptors (Lipinski definition) is 4. The summed E-state index contributed by atoms with van der Waals surface area (Å²) in [5, 5.41) is 0. The molecule has 2 aliphatic rings. The Balaban J connectivity index is 1.67. The first-order chi connectivity index (χ1) is 10.6. The van der Waals surface area contributed by atoms with Gasteiger partial charge in [-0.15, -0.1) is 0 Å². The fraction of sp³-hybridized carbons (Fsp3) is 0.562. The smallest absolute Gasteiger partial charge is 0.282 e. The van der Waals surface area contributed by atoms with E-state index in [2.05, 4.69) is 14.9 Å². The lowest BCUT2D eigenvalue weighted by Gasteiger charge is -2.40. The number of allylic oxidation sites excluding steroid dienone is 1. The maximum atomic E-state index is 14.3. The number of anilines is 1. The van der Waals surface area contributed by atoms with Crippen molar-refractivity contribution in [2.45, 2.75) is 32.7 Å². The van der Waals surface area contributed by atoms with E-state index in [-0.39, 0.29) is 12.0 Å². The number of piperazine rings is 1. The summed E-state index contributed by atoms with van der Waals surface area (Å²) in [5.41, 5.74) is 0.619. The van der Waals surface area contributed by atoms with E-state index in [1.54, 1.807) is 30.4 Å². The minimum Gasteiger partial charge on any atom is -0.349 e. The predicted molar refractivity (Wildman–Crippen MR) is 82.0 cm³/mol. The molecule has 1 aromatic heterocycles. The van der Waals surface area contributed by atoms with Crippen LogP contribution >= 0.6 is 0 Å². The highest BCUT2D eigenvalue weighted by Crippen LogP contribution is 2.38. The van der Waals surface area contributed by atoms with E-state index in [0.717, 1.165) is 18.7 Å². The van der Waals surface area contributed by atoms with Gasteiger partial charge in [0, 0.05) is 38.1 Å². The van der Waals surface area contributed by atoms with E-state index in [1.807, 2.05) is 6.92 Å². The van der Waals surface area contributed by atoms with Crippen molar-refractivity contribution >= 4 is 11.7 Å². The summed E-state index contributed by atoms with van der Waals surface area (Å²) in [6.07, 6.45) is 7.01. The Morgan fingerprint density at radius 2 is 2.09 bits per heavy atom. The molecule has 3 rings (SSSR count). The zero-order valence-corrected chi connectivity index (χ0v) is 13.0. The van der Waals surface area contributed by atoms with Crippen LogP contribution in [-0.2, 0) is 4.79 Å². The Labute approximate surface area is 129 Å². The van der Waals surface area contributed by atoms with Gasteiger partial charge in [0.25, 0.3) is 5.91 Å². The molecule has 6 heteroatoms. The van der Waals surface area contributed by atoms with Gasteiger partial charge in [-0.3, -0.25) is 9.78 Å². The Morgan fingerprint density at radius 3 is 2.68 bits per heavy atom. The van der Waals surface area contributed by atoms with Gasteiger partial charge < -0.3 is 9.80 Å². The minimum atomic E-state index is -0.553. The van der Waals surface area contributed by atoms with Gasteiger partial charge in [-0.25, -0.2) is 9.37 Å². The van der Waals surface area contributed by atoms with Crippen LogP contribution in [0, 0.1) is 5.92 Å². The molecular formula is C16H21FN4O. The average molecular weight is 304 g/mol. The van der Waals surface area contributed by atoms with Gasteiger partial charge in [0.1, 0.15) is 5.82 Å². The zero-order chi connectivity index (χ0) is 15.7. The van der Waals surface area contributed by atoms with Crippen molar-refractivity contribution in [2.24, 2.45) is 5.92 Å². The van der Waals surface area contributed by atoms with Crippen molar-refractivity contribution in [1.29, 1.82) is 0 Å². The van der Waals surface area contributed by atoms with Gasteiger partial charge in [0.15, 0.2) is 5.83 Å². The average Bonchev–Trinajstić information content (AvgIpc) is 3.38. The number of nitrogens with zero attached hydrogens (tertiary/aromatic N) is 4. The molecule has 1 saturated carbocycles. The highest BCUT2D eigenvalue weighted by molar-refractivity contribution is 5.92. The monoisotopic (exact) mass is 304 g/mol. The summed E-state index contributed by atoms with van der Waals surface area (Å²) < 4.78 is 14.3. The van der Waals surface area contributed by atoms with Gasteiger partial charge >= 0.3 is 0 Å². The van der Waals surface area contributed by atoms with Crippen LogP contribution < -0.4 is 4.90 Å². The molecule has 1 saturated heterocycles. The molecule has 0 spiro atoms. The molecule has 0 bridgehead atoms. The molecular weight excluding hydrogens is 283 g/mol. The molecule has 1 unspecified atom stereocenters. The maximum Gasteiger partial charge on any atom is 0.282 e. The molecule has 1 aromatic rings. The minimum absolute atomic E-state index is 0.0865. The molecule has 1 amide bonds. The van der Waals surface area contributed by atoms with Gasteiger partial charge in [0.05, 0.1) is 6.20 Å². The fourth-order valence-electron chi connectivity index (χ4n) is 2.93. The quantitative estimate of drug-likeness (QED) is 0.803. The van der Waals surface area contributed by atoms with E-state index < -0.39 is 11.7 Å². The Morgan fingerprint density at radius 1 is 1.32 bits per heavy atom. The van der Waals surface area contributed by atoms with Crippen LogP contribution in [-0.4, -0.2) is 46.5 Å². The Kier molecular flexibility index (Phi) is 4.09. The standard InChI is InChI=1S/C16H21FN4O/c1-11-10-20(16(22)15(17)12(2)13-3-4-13)7-8-21(11)14-9-18-5-6-19-14/h5-6,9,11,13H,3-4,7-8,10H2,1-2H3. The molecule has 1 aliphatic carbocycles. The van der Waals surface area contributed by atoms with Gasteiger partial charge in [-0.2, -0.15) is 0 Å². The second-order valence-electron chi connectivity index (χ2n) is 6.13. The number of amides is 1. The predicted octanol–water partition coefficient (Wildman–Crippen LogP) is 2.17. The molecule has 2 fully saturated rings. The van der Waals surface area contributed by atoms with Crippen LogP contribution in [0.2, 0.25) is 0 Å². The first kappa shape index (κ1) is 14.9. The normalized spacial score (nSPS) is 23.3. The summed E-state index contributed by atoms with van der Waals surface area (Å²) >= 11 is 0. The number of carbonyl (C=O) groups is 1. The summed E-state index contributed by atoms with van der Waals surface area (Å²) in [4.78, 5) is 24.4. The molecule has 0 radical (unpaired) electrons. The lowest BCUT2D eigenvalue weighted by Crippen LogP contribution is -2.54. The summed E-state index contributed by atoms with van der Waals surface area (Å²) in [7, 11) is 0. The van der Waals surface area contributed by atoms with Crippen molar-refractivity contribution in [3.05, 3.63) is 30.0 Å². The Hall–Kier alpha value is -1.98. The van der Waals surface area contributed by atoms with E-state index in [4.69, 9.17) is 0 Å². The third-order valence-electron chi connectivity index (χ3n) is 4.48. The molecule has 1 aliphatic heterocycles. The van der Waals surface area contributed by atoms with Crippen LogP contribution in [0.5, 0.6) is 0 Å². The fourth-order valence-corrected chi connectivity index (χ4v) is 2.93. The third kappa shape index (κ3) is 2.96. The molecule has 2 heterocycles. The largest absolute Gasteiger partial charge is 0.349 e. The van der Waals surface area contributed by atoms with Crippen LogP contribution in [0.1, 0.15) is 26.7 Å². The van der Waals surface area contributed by atoms with Crippen LogP contribution in [0.3, 0.4) is 0 Å². The number of carbonyl (C=O) groups excluding carboxylic acids is 1. The summed E-state index contributed by atoms with van der Waals surface area (Å²) in [5.74, 6) is 0.0622. The first-order valence-electron chi connectivity index (χ1n) is 7.76. The van der Waals surface area contributed by atoms with Gasteiger partial charge in [0.2, 0.25) is 0 Å². The Bertz CT molecular complexity index is 585. The summed E-state index contributed by atoms with van der Waals surface area (Å²) in [6.45, 7) is 5.40. The second-order valence-corrected chi connectivity index (χ2v) is 6.13. The number of aromatic nitrogens is 2. The van der Waals surface area contributed by atoms with E-state index in [9.17, 15) is 9.18 Å². The first-order valence-corrected chi connectivity index (χ1v) is 7.76. The number of rotatable bonds is 3. The second kappa shape index (κ2) is 6.02. The number of hydrogen-bond donors (Lipinski definition) is 0. The lowest BCUT2D eigenvalue weighted by molar-refractivity contribution is -0.129. The van der Waals surface area contributed by atoms with Crippen molar-refractivity contribution in [3.63, 3.8) is 0 Å². The molecule has 1 atom stereocenters. The van der Waals surface area contributed by atoms with Crippen molar-refractivity contribution in [2.75, 3.05) is 24.5 Å². The van der Waals surface area contributed by atoms with Crippen LogP contribution in [0.4, 0.5) is 10.2 Å². The summed E-state index contributed by atoms with van der Waals surface area (Å²) in [6, 6.07) is 0.0865. The molecule has 0 aromatic carbocycles. The van der Waals surface area contributed by atoms with Crippen LogP contribution in [0.15, 0.2) is 30.0 Å². The van der Waals surface area contributed by atoms with Gasteiger partial charge in [-0.05, 0) is 38.2 Å². The zero-order valence-electron chi connectivity index (χ0n) is 13.0. The van der Waals surface area contributed by atoms with Crippen molar-refractivity contribution < 1.29 is 9.18 Å². The highest BCUT2D eigenvalue weighted by Gasteiger charge is 2.33. The SMILES string of the molecule is CC(=C(F)C(=O)N1CCN(c2cnccn2)C(C)C1)C1CC1. The molecule has 118 valence electrons. The van der Waals surface area contributed by atoms with Crippen molar-refractivity contribution in [1.82, 2.24) is 14.9 Å². The third-order valence-corrected chi connectivity index (χ3v) is 4.48. The molecule has 0 N–H and O–H groups in total. The highest BCUT2D eigenvalue weighted by atomic mass is 19.1. The van der Waals surface area contributed by atoms with E-state index >= 15 is 0 Å². The van der Waals surface area contributed by atoms with E-state index in [1.165, 1.54) is 0 Å². The van der Waals surface area contributed by atoms with Gasteiger partial charge in [-0.1, -0.05) is 0 Å². The maximum absolute atomic E-state index is 14.3. The lowest BCUT2D eigenvalue weighted by atomic mass is 10.1. The van der Waals surface area contributed by atoms with E-state index in [0.29, 0.717) is 25.2 Å². The molecule has 22 heavy (non-hydrogen) atoms. The van der Waals surface area contributed by atoms with Crippen molar-refractivity contribution in [3.8, 4) is 0 Å². The number of halogens is 1. The topological polar surface area (TPSA) is 49.3 Å².